The zero-order chi connectivity index (χ0) is 14.6. The molecule has 7 nitrogen and oxygen atoms in total. The summed E-state index contributed by atoms with van der Waals surface area (Å²) in [5.74, 6) is -2.03. The fraction of sp³-hybridized carbons (Fsp3) is 0.750. The molecule has 0 N–H and O–H groups in total. The summed E-state index contributed by atoms with van der Waals surface area (Å²) >= 11 is 0. The molecule has 1 fully saturated rings. The molecular formula is C12H19NO6. The third-order valence-electron chi connectivity index (χ3n) is 2.71. The Balaban J connectivity index is 2.79. The molecule has 0 saturated carbocycles. The lowest BCUT2D eigenvalue weighted by Crippen LogP contribution is -2.50. The van der Waals surface area contributed by atoms with E-state index >= 15 is 0 Å². The molecule has 0 bridgehead atoms. The van der Waals surface area contributed by atoms with Crippen LogP contribution in [0.1, 0.15) is 20.8 Å². The first-order valence-electron chi connectivity index (χ1n) is 6.19. The quantitative estimate of drug-likeness (QED) is 0.376. The van der Waals surface area contributed by atoms with Crippen molar-refractivity contribution in [2.75, 3.05) is 20.3 Å². The highest BCUT2D eigenvalue weighted by Gasteiger charge is 2.47. The molecule has 1 amide bonds. The zero-order valence-electron chi connectivity index (χ0n) is 11.5. The molecule has 1 rings (SSSR count). The first kappa shape index (κ1) is 15.4. The van der Waals surface area contributed by atoms with Gasteiger partial charge in [-0.15, -0.1) is 0 Å². The van der Waals surface area contributed by atoms with Crippen LogP contribution in [-0.2, 0) is 28.6 Å². The van der Waals surface area contributed by atoms with E-state index in [0.717, 1.165) is 4.90 Å². The minimum atomic E-state index is -1.39. The second-order valence-corrected chi connectivity index (χ2v) is 4.12. The molecule has 2 atom stereocenters. The highest BCUT2D eigenvalue weighted by Crippen LogP contribution is 2.24. The van der Waals surface area contributed by atoms with Crippen molar-refractivity contribution in [1.82, 2.24) is 4.90 Å². The standard InChI is InChI=1S/C12H19NO6/c1-5-17-11(15)8(12(16)18-6-2)13(4)10(14)9-7(3)19-9/h7-9H,5-6H2,1-4H3. The number of hydrogen-bond acceptors (Lipinski definition) is 6. The van der Waals surface area contributed by atoms with E-state index in [1.807, 2.05) is 0 Å². The van der Waals surface area contributed by atoms with Crippen LogP contribution < -0.4 is 0 Å². The van der Waals surface area contributed by atoms with Gasteiger partial charge in [-0.3, -0.25) is 4.79 Å². The highest BCUT2D eigenvalue weighted by molar-refractivity contribution is 6.03. The maximum Gasteiger partial charge on any atom is 0.340 e. The predicted molar refractivity (Wildman–Crippen MR) is 64.2 cm³/mol. The topological polar surface area (TPSA) is 85.4 Å². The first-order valence-corrected chi connectivity index (χ1v) is 6.19. The molecule has 1 heterocycles. The molecule has 0 aromatic heterocycles. The molecule has 19 heavy (non-hydrogen) atoms. The molecule has 108 valence electrons. The number of nitrogens with zero attached hydrogens (tertiary/aromatic N) is 1. The van der Waals surface area contributed by atoms with Crippen molar-refractivity contribution in [2.24, 2.45) is 0 Å². The third kappa shape index (κ3) is 3.66. The molecule has 7 heteroatoms. The van der Waals surface area contributed by atoms with Gasteiger partial charge >= 0.3 is 11.9 Å². The maximum atomic E-state index is 12.0. The van der Waals surface area contributed by atoms with E-state index in [0.29, 0.717) is 0 Å². The van der Waals surface area contributed by atoms with E-state index in [-0.39, 0.29) is 19.3 Å². The molecular weight excluding hydrogens is 254 g/mol. The van der Waals surface area contributed by atoms with Crippen molar-refractivity contribution in [1.29, 1.82) is 0 Å². The maximum absolute atomic E-state index is 12.0. The number of esters is 2. The third-order valence-corrected chi connectivity index (χ3v) is 2.71. The van der Waals surface area contributed by atoms with Gasteiger partial charge in [0.1, 0.15) is 0 Å². The van der Waals surface area contributed by atoms with Gasteiger partial charge in [-0.05, 0) is 20.8 Å². The number of hydrogen-bond donors (Lipinski definition) is 0. The van der Waals surface area contributed by atoms with Crippen molar-refractivity contribution < 1.29 is 28.6 Å². The second kappa shape index (κ2) is 6.51. The SMILES string of the molecule is CCOC(=O)C(C(=O)OCC)N(C)C(=O)C1OC1C. The Kier molecular flexibility index (Phi) is 5.29. The van der Waals surface area contributed by atoms with Gasteiger partial charge in [-0.1, -0.05) is 0 Å². The average molecular weight is 273 g/mol. The summed E-state index contributed by atoms with van der Waals surface area (Å²) in [6.07, 6.45) is -0.795. The largest absolute Gasteiger partial charge is 0.464 e. The van der Waals surface area contributed by atoms with E-state index in [9.17, 15) is 14.4 Å². The lowest BCUT2D eigenvalue weighted by molar-refractivity contribution is -0.166. The first-order chi connectivity index (χ1) is 8.93. The van der Waals surface area contributed by atoms with Gasteiger partial charge in [0, 0.05) is 7.05 Å². The van der Waals surface area contributed by atoms with Crippen molar-refractivity contribution in [3.05, 3.63) is 0 Å². The van der Waals surface area contributed by atoms with Crippen LogP contribution in [0.5, 0.6) is 0 Å². The van der Waals surface area contributed by atoms with Gasteiger partial charge < -0.3 is 19.1 Å². The number of ether oxygens (including phenoxy) is 3. The van der Waals surface area contributed by atoms with Gasteiger partial charge in [-0.25, -0.2) is 9.59 Å². The van der Waals surface area contributed by atoms with Crippen LogP contribution in [0.15, 0.2) is 0 Å². The molecule has 1 saturated heterocycles. The van der Waals surface area contributed by atoms with Gasteiger partial charge in [0.05, 0.1) is 19.3 Å². The summed E-state index contributed by atoms with van der Waals surface area (Å²) in [6.45, 7) is 5.21. The number of epoxide rings is 1. The summed E-state index contributed by atoms with van der Waals surface area (Å²) < 4.78 is 14.6. The Hall–Kier alpha value is -1.63. The lowest BCUT2D eigenvalue weighted by atomic mass is 10.2. The van der Waals surface area contributed by atoms with Gasteiger partial charge in [0.25, 0.3) is 5.91 Å². The Labute approximate surface area is 111 Å². The number of carbonyl (C=O) groups excluding carboxylic acids is 3. The fourth-order valence-corrected chi connectivity index (χ4v) is 1.63. The van der Waals surface area contributed by atoms with Crippen LogP contribution in [0.3, 0.4) is 0 Å². The van der Waals surface area contributed by atoms with E-state index < -0.39 is 30.0 Å². The van der Waals surface area contributed by atoms with Crippen molar-refractivity contribution in [3.63, 3.8) is 0 Å². The van der Waals surface area contributed by atoms with Crippen molar-refractivity contribution in [3.8, 4) is 0 Å². The molecule has 2 unspecified atom stereocenters. The van der Waals surface area contributed by atoms with Crippen LogP contribution in [0.2, 0.25) is 0 Å². The smallest absolute Gasteiger partial charge is 0.340 e. The molecule has 1 aliphatic rings. The number of carbonyl (C=O) groups is 3. The number of rotatable bonds is 6. The highest BCUT2D eigenvalue weighted by atomic mass is 16.6. The predicted octanol–water partition coefficient (Wildman–Crippen LogP) is -0.273. The minimum Gasteiger partial charge on any atom is -0.464 e. The van der Waals surface area contributed by atoms with Crippen molar-refractivity contribution in [2.45, 2.75) is 39.0 Å². The summed E-state index contributed by atoms with van der Waals surface area (Å²) in [6, 6.07) is -1.39. The molecule has 0 radical (unpaired) electrons. The van der Waals surface area contributed by atoms with Gasteiger partial charge in [0.2, 0.25) is 6.04 Å². The van der Waals surface area contributed by atoms with Crippen LogP contribution in [0.4, 0.5) is 0 Å². The average Bonchev–Trinajstić information content (AvgIpc) is 3.06. The Morgan fingerprint density at radius 3 is 1.89 bits per heavy atom. The van der Waals surface area contributed by atoms with Crippen LogP contribution >= 0.6 is 0 Å². The van der Waals surface area contributed by atoms with Gasteiger partial charge in [-0.2, -0.15) is 0 Å². The van der Waals surface area contributed by atoms with Crippen LogP contribution in [0, 0.1) is 0 Å². The monoisotopic (exact) mass is 273 g/mol. The number of likely N-dealkylation sites (N-methyl/N-ethyl adjacent to an activating group) is 1. The normalized spacial score (nSPS) is 20.9. The van der Waals surface area contributed by atoms with Crippen molar-refractivity contribution >= 4 is 17.8 Å². The van der Waals surface area contributed by atoms with E-state index in [2.05, 4.69) is 0 Å². The summed E-state index contributed by atoms with van der Waals surface area (Å²) in [4.78, 5) is 36.5. The second-order valence-electron chi connectivity index (χ2n) is 4.12. The van der Waals surface area contributed by atoms with Crippen LogP contribution in [-0.4, -0.2) is 61.3 Å². The molecule has 0 spiro atoms. The summed E-state index contributed by atoms with van der Waals surface area (Å²) in [7, 11) is 1.36. The molecule has 0 aromatic carbocycles. The zero-order valence-corrected chi connectivity index (χ0v) is 11.5. The van der Waals surface area contributed by atoms with E-state index in [4.69, 9.17) is 14.2 Å². The van der Waals surface area contributed by atoms with E-state index in [1.165, 1.54) is 7.05 Å². The molecule has 1 aliphatic heterocycles. The Morgan fingerprint density at radius 1 is 1.16 bits per heavy atom. The summed E-state index contributed by atoms with van der Waals surface area (Å²) in [5, 5.41) is 0. The fourth-order valence-electron chi connectivity index (χ4n) is 1.63. The Bertz CT molecular complexity index is 351. The Morgan fingerprint density at radius 2 is 1.58 bits per heavy atom. The van der Waals surface area contributed by atoms with E-state index in [1.54, 1.807) is 20.8 Å². The minimum absolute atomic E-state index is 0.118. The summed E-state index contributed by atoms with van der Waals surface area (Å²) in [5.41, 5.74) is 0. The number of amides is 1. The molecule has 0 aliphatic carbocycles. The van der Waals surface area contributed by atoms with Gasteiger partial charge in [0.15, 0.2) is 6.10 Å². The van der Waals surface area contributed by atoms with Crippen LogP contribution in [0.25, 0.3) is 0 Å². The molecule has 0 aromatic rings. The lowest BCUT2D eigenvalue weighted by Gasteiger charge is -2.24.